The zero-order chi connectivity index (χ0) is 13.6. The van der Waals surface area contributed by atoms with Gasteiger partial charge in [0, 0.05) is 44.3 Å². The molecule has 0 amide bonds. The van der Waals surface area contributed by atoms with Crippen LogP contribution in [0.3, 0.4) is 0 Å². The Morgan fingerprint density at radius 2 is 1.70 bits per heavy atom. The lowest BCUT2D eigenvalue weighted by atomic mass is 10.2. The molecule has 0 atom stereocenters. The van der Waals surface area contributed by atoms with Crippen molar-refractivity contribution in [3.8, 4) is 0 Å². The van der Waals surface area contributed by atoms with Gasteiger partial charge in [-0.2, -0.15) is 0 Å². The summed E-state index contributed by atoms with van der Waals surface area (Å²) in [6.45, 7) is 4.17. The number of pyridine rings is 1. The van der Waals surface area contributed by atoms with Gasteiger partial charge in [-0.1, -0.05) is 18.2 Å². The lowest BCUT2D eigenvalue weighted by Crippen LogP contribution is -2.17. The second-order valence-electron chi connectivity index (χ2n) is 5.33. The average Bonchev–Trinajstić information content (AvgIpc) is 3.03. The molecule has 0 bridgehead atoms. The van der Waals surface area contributed by atoms with E-state index in [1.807, 2.05) is 12.3 Å². The molecule has 2 heterocycles. The molecule has 1 aromatic heterocycles. The van der Waals surface area contributed by atoms with Gasteiger partial charge >= 0.3 is 0 Å². The standard InChI is InChI=1S/C17H21N3/c1-2-11-20(10-1)17-7-5-15(6-8-17)12-19-14-16-4-3-9-18-13-16/h3-9,13,19H,1-2,10-12,14H2. The summed E-state index contributed by atoms with van der Waals surface area (Å²) in [6, 6.07) is 13.0. The Balaban J connectivity index is 1.50. The van der Waals surface area contributed by atoms with Crippen molar-refractivity contribution in [2.45, 2.75) is 25.9 Å². The number of hydrogen-bond acceptors (Lipinski definition) is 3. The van der Waals surface area contributed by atoms with Crippen LogP contribution in [-0.4, -0.2) is 18.1 Å². The lowest BCUT2D eigenvalue weighted by molar-refractivity contribution is 0.691. The first-order valence-electron chi connectivity index (χ1n) is 7.35. The molecule has 1 N–H and O–H groups in total. The van der Waals surface area contributed by atoms with E-state index >= 15 is 0 Å². The normalized spacial score (nSPS) is 14.7. The van der Waals surface area contributed by atoms with Gasteiger partial charge in [0.25, 0.3) is 0 Å². The Labute approximate surface area is 120 Å². The lowest BCUT2D eigenvalue weighted by Gasteiger charge is -2.17. The number of benzene rings is 1. The van der Waals surface area contributed by atoms with Crippen molar-refractivity contribution in [2.75, 3.05) is 18.0 Å². The second-order valence-corrected chi connectivity index (χ2v) is 5.33. The highest BCUT2D eigenvalue weighted by Crippen LogP contribution is 2.20. The van der Waals surface area contributed by atoms with Crippen molar-refractivity contribution in [2.24, 2.45) is 0 Å². The molecule has 1 fully saturated rings. The van der Waals surface area contributed by atoms with Gasteiger partial charge in [0.05, 0.1) is 0 Å². The molecule has 0 spiro atoms. The molecule has 0 radical (unpaired) electrons. The maximum absolute atomic E-state index is 4.12. The Hall–Kier alpha value is -1.87. The zero-order valence-corrected chi connectivity index (χ0v) is 11.8. The maximum atomic E-state index is 4.12. The first-order valence-corrected chi connectivity index (χ1v) is 7.35. The monoisotopic (exact) mass is 267 g/mol. The molecule has 3 heteroatoms. The minimum atomic E-state index is 0.863. The third-order valence-electron chi connectivity index (χ3n) is 3.79. The van der Waals surface area contributed by atoms with Crippen molar-refractivity contribution in [1.29, 1.82) is 0 Å². The van der Waals surface area contributed by atoms with Crippen molar-refractivity contribution >= 4 is 5.69 Å². The maximum Gasteiger partial charge on any atom is 0.0366 e. The number of nitrogens with one attached hydrogen (secondary N) is 1. The smallest absolute Gasteiger partial charge is 0.0366 e. The quantitative estimate of drug-likeness (QED) is 0.902. The number of anilines is 1. The van der Waals surface area contributed by atoms with Gasteiger partial charge in [0.1, 0.15) is 0 Å². The fourth-order valence-corrected chi connectivity index (χ4v) is 2.65. The van der Waals surface area contributed by atoms with Gasteiger partial charge in [-0.15, -0.1) is 0 Å². The highest BCUT2D eigenvalue weighted by molar-refractivity contribution is 5.48. The van der Waals surface area contributed by atoms with E-state index in [0.29, 0.717) is 0 Å². The summed E-state index contributed by atoms with van der Waals surface area (Å²) in [5, 5.41) is 3.45. The van der Waals surface area contributed by atoms with Crippen LogP contribution in [-0.2, 0) is 13.1 Å². The van der Waals surface area contributed by atoms with E-state index in [-0.39, 0.29) is 0 Å². The largest absolute Gasteiger partial charge is 0.372 e. The third-order valence-corrected chi connectivity index (χ3v) is 3.79. The molecule has 3 rings (SSSR count). The third kappa shape index (κ3) is 3.36. The minimum Gasteiger partial charge on any atom is -0.372 e. The van der Waals surface area contributed by atoms with Crippen LogP contribution in [0.15, 0.2) is 48.8 Å². The Morgan fingerprint density at radius 1 is 0.950 bits per heavy atom. The zero-order valence-electron chi connectivity index (χ0n) is 11.8. The van der Waals surface area contributed by atoms with Gasteiger partial charge in [0.15, 0.2) is 0 Å². The van der Waals surface area contributed by atoms with Crippen LogP contribution in [0.2, 0.25) is 0 Å². The fourth-order valence-electron chi connectivity index (χ4n) is 2.65. The van der Waals surface area contributed by atoms with Gasteiger partial charge < -0.3 is 10.2 Å². The van der Waals surface area contributed by atoms with Gasteiger partial charge in [-0.3, -0.25) is 4.98 Å². The summed E-state index contributed by atoms with van der Waals surface area (Å²) < 4.78 is 0. The van der Waals surface area contributed by atoms with Crippen LogP contribution in [0.5, 0.6) is 0 Å². The van der Waals surface area contributed by atoms with E-state index in [2.05, 4.69) is 45.5 Å². The average molecular weight is 267 g/mol. The molecule has 20 heavy (non-hydrogen) atoms. The minimum absolute atomic E-state index is 0.863. The number of nitrogens with zero attached hydrogens (tertiary/aromatic N) is 2. The summed E-state index contributed by atoms with van der Waals surface area (Å²) >= 11 is 0. The number of rotatable bonds is 5. The molecule has 1 aliphatic rings. The van der Waals surface area contributed by atoms with Gasteiger partial charge in [-0.05, 0) is 42.2 Å². The van der Waals surface area contributed by atoms with Crippen LogP contribution in [0.1, 0.15) is 24.0 Å². The van der Waals surface area contributed by atoms with Crippen LogP contribution in [0.25, 0.3) is 0 Å². The molecule has 0 saturated carbocycles. The molecular formula is C17H21N3. The van der Waals surface area contributed by atoms with E-state index in [0.717, 1.165) is 13.1 Å². The number of hydrogen-bond donors (Lipinski definition) is 1. The molecule has 0 aliphatic carbocycles. The van der Waals surface area contributed by atoms with Crippen LogP contribution >= 0.6 is 0 Å². The van der Waals surface area contributed by atoms with E-state index in [4.69, 9.17) is 0 Å². The molecule has 1 saturated heterocycles. The van der Waals surface area contributed by atoms with E-state index in [9.17, 15) is 0 Å². The topological polar surface area (TPSA) is 28.2 Å². The summed E-state index contributed by atoms with van der Waals surface area (Å²) in [7, 11) is 0. The highest BCUT2D eigenvalue weighted by Gasteiger charge is 2.11. The summed E-state index contributed by atoms with van der Waals surface area (Å²) in [5.41, 5.74) is 3.91. The first-order chi connectivity index (χ1) is 9.92. The molecule has 2 aromatic rings. The van der Waals surface area contributed by atoms with Gasteiger partial charge in [0.2, 0.25) is 0 Å². The van der Waals surface area contributed by atoms with Crippen molar-refractivity contribution in [3.63, 3.8) is 0 Å². The molecule has 1 aromatic carbocycles. The summed E-state index contributed by atoms with van der Waals surface area (Å²) in [6.07, 6.45) is 6.37. The summed E-state index contributed by atoms with van der Waals surface area (Å²) in [4.78, 5) is 6.59. The van der Waals surface area contributed by atoms with Crippen LogP contribution < -0.4 is 10.2 Å². The molecular weight excluding hydrogens is 246 g/mol. The van der Waals surface area contributed by atoms with Gasteiger partial charge in [-0.25, -0.2) is 0 Å². The van der Waals surface area contributed by atoms with E-state index in [1.165, 1.54) is 42.7 Å². The van der Waals surface area contributed by atoms with E-state index in [1.54, 1.807) is 6.20 Å². The Morgan fingerprint density at radius 3 is 2.40 bits per heavy atom. The first kappa shape index (κ1) is 13.1. The predicted molar refractivity (Wildman–Crippen MR) is 82.7 cm³/mol. The number of aromatic nitrogens is 1. The Kier molecular flexibility index (Phi) is 4.28. The van der Waals surface area contributed by atoms with Crippen LogP contribution in [0, 0.1) is 0 Å². The SMILES string of the molecule is c1cncc(CNCc2ccc(N3CCCC3)cc2)c1. The van der Waals surface area contributed by atoms with E-state index < -0.39 is 0 Å². The fraction of sp³-hybridized carbons (Fsp3) is 0.353. The highest BCUT2D eigenvalue weighted by atomic mass is 15.1. The predicted octanol–water partition coefficient (Wildman–Crippen LogP) is 2.97. The van der Waals surface area contributed by atoms with Crippen molar-refractivity contribution < 1.29 is 0 Å². The Bertz CT molecular complexity index is 516. The molecule has 104 valence electrons. The molecule has 3 nitrogen and oxygen atoms in total. The second kappa shape index (κ2) is 6.53. The van der Waals surface area contributed by atoms with Crippen molar-refractivity contribution in [1.82, 2.24) is 10.3 Å². The molecule has 1 aliphatic heterocycles. The molecule has 0 unspecified atom stereocenters. The van der Waals surface area contributed by atoms with Crippen molar-refractivity contribution in [3.05, 3.63) is 59.9 Å². The summed E-state index contributed by atoms with van der Waals surface area (Å²) in [5.74, 6) is 0. The van der Waals surface area contributed by atoms with Crippen LogP contribution in [0.4, 0.5) is 5.69 Å².